The molecular formula is C20H23N5O2. The van der Waals surface area contributed by atoms with Gasteiger partial charge in [-0.2, -0.15) is 5.10 Å². The molecule has 0 radical (unpaired) electrons. The Morgan fingerprint density at radius 1 is 1.00 bits per heavy atom. The number of rotatable bonds is 3. The van der Waals surface area contributed by atoms with Crippen molar-refractivity contribution in [2.24, 2.45) is 5.92 Å². The zero-order valence-electron chi connectivity index (χ0n) is 15.2. The number of pyridine rings is 1. The highest BCUT2D eigenvalue weighted by Crippen LogP contribution is 2.39. The summed E-state index contributed by atoms with van der Waals surface area (Å²) in [5, 5.41) is 7.29. The van der Waals surface area contributed by atoms with Gasteiger partial charge in [0.1, 0.15) is 11.4 Å². The molecule has 2 aromatic heterocycles. The lowest BCUT2D eigenvalue weighted by Gasteiger charge is -2.35. The minimum atomic E-state index is -0.0439. The molecule has 3 saturated heterocycles. The molecule has 7 nitrogen and oxygen atoms in total. The van der Waals surface area contributed by atoms with Crippen LogP contribution in [-0.4, -0.2) is 62.5 Å². The summed E-state index contributed by atoms with van der Waals surface area (Å²) in [6, 6.07) is 7.35. The maximum atomic E-state index is 13.1. The van der Waals surface area contributed by atoms with Crippen LogP contribution in [0.1, 0.15) is 58.3 Å². The quantitative estimate of drug-likeness (QED) is 0.903. The second kappa shape index (κ2) is 6.48. The van der Waals surface area contributed by atoms with Gasteiger partial charge < -0.3 is 9.80 Å². The summed E-state index contributed by atoms with van der Waals surface area (Å²) in [4.78, 5) is 33.9. The molecule has 0 unspecified atom stereocenters. The van der Waals surface area contributed by atoms with E-state index in [0.717, 1.165) is 18.5 Å². The monoisotopic (exact) mass is 365 g/mol. The second-order valence-electron chi connectivity index (χ2n) is 7.96. The number of piperidine rings is 1. The summed E-state index contributed by atoms with van der Waals surface area (Å²) < 4.78 is 0. The van der Waals surface area contributed by atoms with E-state index >= 15 is 0 Å². The predicted octanol–water partition coefficient (Wildman–Crippen LogP) is 2.06. The van der Waals surface area contributed by atoms with Crippen molar-refractivity contribution in [1.82, 2.24) is 25.0 Å². The molecule has 2 atom stereocenters. The summed E-state index contributed by atoms with van der Waals surface area (Å²) in [7, 11) is 0. The van der Waals surface area contributed by atoms with Crippen LogP contribution >= 0.6 is 0 Å². The summed E-state index contributed by atoms with van der Waals surface area (Å²) in [5.74, 6) is 0.797. The Labute approximate surface area is 157 Å². The molecule has 3 aliphatic heterocycles. The van der Waals surface area contributed by atoms with Gasteiger partial charge in [-0.05, 0) is 49.8 Å². The van der Waals surface area contributed by atoms with Crippen LogP contribution < -0.4 is 0 Å². The van der Waals surface area contributed by atoms with Gasteiger partial charge >= 0.3 is 0 Å². The smallest absolute Gasteiger partial charge is 0.274 e. The fourth-order valence-electron chi connectivity index (χ4n) is 4.34. The zero-order chi connectivity index (χ0) is 18.4. The number of carbonyl (C=O) groups excluding carboxylic acids is 2. The Bertz CT molecular complexity index is 860. The largest absolute Gasteiger partial charge is 0.335 e. The number of aromatic nitrogens is 3. The van der Waals surface area contributed by atoms with E-state index in [4.69, 9.17) is 0 Å². The molecule has 4 aliphatic rings. The molecule has 5 heterocycles. The highest BCUT2D eigenvalue weighted by molar-refractivity contribution is 5.94. The van der Waals surface area contributed by atoms with Gasteiger partial charge in [-0.1, -0.05) is 6.07 Å². The first-order chi connectivity index (χ1) is 13.2. The molecule has 4 fully saturated rings. The fraction of sp³-hybridized carbons (Fsp3) is 0.500. The molecule has 0 spiro atoms. The summed E-state index contributed by atoms with van der Waals surface area (Å²) in [6.45, 7) is 1.95. The van der Waals surface area contributed by atoms with Crippen LogP contribution in [0, 0.1) is 5.92 Å². The van der Waals surface area contributed by atoms with Gasteiger partial charge in [-0.3, -0.25) is 19.7 Å². The third-order valence-electron chi connectivity index (χ3n) is 5.98. The van der Waals surface area contributed by atoms with Gasteiger partial charge in [-0.25, -0.2) is 0 Å². The Morgan fingerprint density at radius 2 is 1.89 bits per heavy atom. The minimum absolute atomic E-state index is 0.0139. The number of nitrogens with one attached hydrogen (secondary N) is 1. The number of hydrogen-bond donors (Lipinski definition) is 1. The Kier molecular flexibility index (Phi) is 3.95. The van der Waals surface area contributed by atoms with E-state index in [1.165, 1.54) is 12.8 Å². The van der Waals surface area contributed by atoms with Crippen LogP contribution in [0.5, 0.6) is 0 Å². The van der Waals surface area contributed by atoms with Crippen molar-refractivity contribution < 1.29 is 9.59 Å². The van der Waals surface area contributed by atoms with Crippen LogP contribution in [0.25, 0.3) is 0 Å². The van der Waals surface area contributed by atoms with Gasteiger partial charge in [0.05, 0.1) is 0 Å². The number of carbonyl (C=O) groups is 2. The van der Waals surface area contributed by atoms with Crippen LogP contribution in [0.2, 0.25) is 0 Å². The molecule has 6 rings (SSSR count). The average molecular weight is 365 g/mol. The normalized spacial score (nSPS) is 24.7. The molecule has 2 bridgehead atoms. The number of amides is 2. The molecule has 2 amide bonds. The van der Waals surface area contributed by atoms with Crippen molar-refractivity contribution in [3.63, 3.8) is 0 Å². The summed E-state index contributed by atoms with van der Waals surface area (Å²) in [5.41, 5.74) is 2.05. The first-order valence-electron chi connectivity index (χ1n) is 9.75. The summed E-state index contributed by atoms with van der Waals surface area (Å²) in [6.07, 6.45) is 5.98. The van der Waals surface area contributed by atoms with Crippen molar-refractivity contribution in [3.05, 3.63) is 47.5 Å². The van der Waals surface area contributed by atoms with Gasteiger partial charge in [0.2, 0.25) is 0 Å². The lowest BCUT2D eigenvalue weighted by molar-refractivity contribution is 0.0568. The highest BCUT2D eigenvalue weighted by Gasteiger charge is 2.40. The molecule has 1 saturated carbocycles. The SMILES string of the molecule is O=C(c1ccccn1)N1C[C@@H]2CC[C@H](C1)N(C(=O)c1cc(C3CC3)[nH]n1)C2. The van der Waals surface area contributed by atoms with Crippen molar-refractivity contribution in [3.8, 4) is 0 Å². The lowest BCUT2D eigenvalue weighted by Crippen LogP contribution is -2.47. The van der Waals surface area contributed by atoms with Crippen LogP contribution in [-0.2, 0) is 0 Å². The molecule has 0 aromatic carbocycles. The minimum Gasteiger partial charge on any atom is -0.335 e. The second-order valence-corrected chi connectivity index (χ2v) is 7.96. The topological polar surface area (TPSA) is 82.2 Å². The van der Waals surface area contributed by atoms with Crippen LogP contribution in [0.15, 0.2) is 30.5 Å². The van der Waals surface area contributed by atoms with Gasteiger partial charge in [0.25, 0.3) is 11.8 Å². The fourth-order valence-corrected chi connectivity index (χ4v) is 4.34. The predicted molar refractivity (Wildman–Crippen MR) is 98.3 cm³/mol. The Balaban J connectivity index is 1.34. The zero-order valence-corrected chi connectivity index (χ0v) is 15.2. The number of H-pyrrole nitrogens is 1. The molecular weight excluding hydrogens is 342 g/mol. The Morgan fingerprint density at radius 3 is 2.67 bits per heavy atom. The van der Waals surface area contributed by atoms with Crippen molar-refractivity contribution in [1.29, 1.82) is 0 Å². The van der Waals surface area contributed by atoms with E-state index in [9.17, 15) is 9.59 Å². The van der Waals surface area contributed by atoms with Gasteiger partial charge in [0.15, 0.2) is 0 Å². The molecule has 1 aliphatic carbocycles. The van der Waals surface area contributed by atoms with E-state index in [2.05, 4.69) is 15.2 Å². The van der Waals surface area contributed by atoms with Crippen LogP contribution in [0.3, 0.4) is 0 Å². The van der Waals surface area contributed by atoms with Gasteiger partial charge in [0, 0.05) is 43.5 Å². The van der Waals surface area contributed by atoms with E-state index in [-0.39, 0.29) is 17.9 Å². The summed E-state index contributed by atoms with van der Waals surface area (Å²) >= 11 is 0. The first kappa shape index (κ1) is 16.5. The molecule has 140 valence electrons. The molecule has 7 heteroatoms. The Hall–Kier alpha value is -2.70. The third kappa shape index (κ3) is 3.11. The average Bonchev–Trinajstić information content (AvgIpc) is 3.51. The molecule has 27 heavy (non-hydrogen) atoms. The van der Waals surface area contributed by atoms with Gasteiger partial charge in [-0.15, -0.1) is 0 Å². The van der Waals surface area contributed by atoms with Crippen molar-refractivity contribution >= 4 is 11.8 Å². The lowest BCUT2D eigenvalue weighted by atomic mass is 9.94. The van der Waals surface area contributed by atoms with Crippen LogP contribution in [0.4, 0.5) is 0 Å². The van der Waals surface area contributed by atoms with E-state index < -0.39 is 0 Å². The standard InChI is InChI=1S/C20H23N5O2/c26-19(16-3-1-2-8-21-16)24-10-13-4-7-15(12-24)25(11-13)20(27)18-9-17(22-23-18)14-5-6-14/h1-3,8-9,13-15H,4-7,10-12H2,(H,22,23)/t13-,15+/m0/s1. The molecule has 2 aromatic rings. The van der Waals surface area contributed by atoms with E-state index in [1.807, 2.05) is 28.0 Å². The first-order valence-corrected chi connectivity index (χ1v) is 9.75. The number of hydrogen-bond acceptors (Lipinski definition) is 4. The van der Waals surface area contributed by atoms with E-state index in [1.54, 1.807) is 12.3 Å². The maximum Gasteiger partial charge on any atom is 0.274 e. The number of fused-ring (bicyclic) bond motifs is 4. The molecule has 1 N–H and O–H groups in total. The van der Waals surface area contributed by atoms with E-state index in [0.29, 0.717) is 42.9 Å². The number of aromatic amines is 1. The highest BCUT2D eigenvalue weighted by atomic mass is 16.2. The van der Waals surface area contributed by atoms with Crippen molar-refractivity contribution in [2.75, 3.05) is 19.6 Å². The number of nitrogens with zero attached hydrogens (tertiary/aromatic N) is 4. The maximum absolute atomic E-state index is 13.1. The third-order valence-corrected chi connectivity index (χ3v) is 5.98. The van der Waals surface area contributed by atoms with Crippen molar-refractivity contribution in [2.45, 2.75) is 37.6 Å².